The summed E-state index contributed by atoms with van der Waals surface area (Å²) in [6.07, 6.45) is 0. The molecule has 1 aromatic rings. The van der Waals surface area contributed by atoms with E-state index in [0.717, 1.165) is 24.6 Å². The molecule has 3 nitrogen and oxygen atoms in total. The summed E-state index contributed by atoms with van der Waals surface area (Å²) >= 11 is 0. The van der Waals surface area contributed by atoms with Crippen LogP contribution in [0.15, 0.2) is 18.2 Å². The highest BCUT2D eigenvalue weighted by Gasteiger charge is 2.63. The third kappa shape index (κ3) is 2.41. The third-order valence-corrected chi connectivity index (χ3v) is 5.38. The highest BCUT2D eigenvalue weighted by atomic mass is 16.5. The lowest BCUT2D eigenvalue weighted by Gasteiger charge is -2.09. The molecular weight excluding hydrogens is 248 g/mol. The van der Waals surface area contributed by atoms with Crippen molar-refractivity contribution in [2.75, 3.05) is 13.7 Å². The highest BCUT2D eigenvalue weighted by molar-refractivity contribution is 5.45. The first-order valence-corrected chi connectivity index (χ1v) is 7.12. The molecule has 0 unspecified atom stereocenters. The Morgan fingerprint density at radius 2 is 1.90 bits per heavy atom. The topological polar surface area (TPSA) is 45.0 Å². The molecule has 1 aromatic carbocycles. The molecule has 3 heteroatoms. The lowest BCUT2D eigenvalue weighted by atomic mass is 10.0. The van der Waals surface area contributed by atoms with Crippen molar-refractivity contribution in [1.82, 2.24) is 5.32 Å². The first-order valence-electron chi connectivity index (χ1n) is 7.12. The lowest BCUT2D eigenvalue weighted by Crippen LogP contribution is -2.18. The summed E-state index contributed by atoms with van der Waals surface area (Å²) in [6.45, 7) is 11.2. The Morgan fingerprint density at radius 3 is 2.40 bits per heavy atom. The zero-order valence-electron chi connectivity index (χ0n) is 13.1. The molecule has 1 fully saturated rings. The maximum Gasteiger partial charge on any atom is 0.136 e. The van der Waals surface area contributed by atoms with Gasteiger partial charge in [-0.05, 0) is 41.0 Å². The van der Waals surface area contributed by atoms with E-state index in [0.29, 0.717) is 22.1 Å². The number of benzene rings is 1. The maximum atomic E-state index is 8.97. The zero-order valence-corrected chi connectivity index (χ0v) is 13.1. The summed E-state index contributed by atoms with van der Waals surface area (Å²) in [5.41, 5.74) is 2.57. The van der Waals surface area contributed by atoms with Gasteiger partial charge in [0.25, 0.3) is 0 Å². The second kappa shape index (κ2) is 5.10. The first kappa shape index (κ1) is 14.9. The predicted octanol–water partition coefficient (Wildman–Crippen LogP) is 3.34. The molecule has 0 radical (unpaired) electrons. The number of hydrogen-bond acceptors (Lipinski definition) is 3. The Kier molecular flexibility index (Phi) is 3.80. The van der Waals surface area contributed by atoms with Gasteiger partial charge in [0.1, 0.15) is 11.8 Å². The molecule has 108 valence electrons. The SMILES string of the molecule is COc1cc(CNCC2C(C)(C)C2(C)C)ccc1C#N. The van der Waals surface area contributed by atoms with E-state index in [1.165, 1.54) is 0 Å². The van der Waals surface area contributed by atoms with E-state index in [9.17, 15) is 0 Å². The molecule has 0 bridgehead atoms. The Balaban J connectivity index is 1.92. The average molecular weight is 272 g/mol. The Hall–Kier alpha value is -1.53. The van der Waals surface area contributed by atoms with Gasteiger partial charge >= 0.3 is 0 Å². The summed E-state index contributed by atoms with van der Waals surface area (Å²) < 4.78 is 5.23. The standard InChI is InChI=1S/C17H24N2O/c1-16(2)15(17(16,3)4)11-19-10-12-6-7-13(9-18)14(8-12)20-5/h6-8,15,19H,10-11H2,1-5H3. The van der Waals surface area contributed by atoms with Crippen LogP contribution < -0.4 is 10.1 Å². The molecule has 20 heavy (non-hydrogen) atoms. The Bertz CT molecular complexity index is 526. The van der Waals surface area contributed by atoms with Gasteiger partial charge in [-0.25, -0.2) is 0 Å². The highest BCUT2D eigenvalue weighted by Crippen LogP contribution is 2.67. The molecule has 2 rings (SSSR count). The van der Waals surface area contributed by atoms with Crippen molar-refractivity contribution < 1.29 is 4.74 Å². The molecule has 1 saturated carbocycles. The van der Waals surface area contributed by atoms with Gasteiger partial charge in [-0.15, -0.1) is 0 Å². The average Bonchev–Trinajstić information content (AvgIpc) is 2.80. The van der Waals surface area contributed by atoms with Crippen LogP contribution in [0, 0.1) is 28.1 Å². The molecule has 1 N–H and O–H groups in total. The number of nitrogens with zero attached hydrogens (tertiary/aromatic N) is 1. The number of ether oxygens (including phenoxy) is 1. The van der Waals surface area contributed by atoms with E-state index < -0.39 is 0 Å². The lowest BCUT2D eigenvalue weighted by molar-refractivity contribution is 0.412. The van der Waals surface area contributed by atoms with Crippen molar-refractivity contribution in [2.24, 2.45) is 16.7 Å². The minimum atomic E-state index is 0.419. The van der Waals surface area contributed by atoms with Crippen LogP contribution >= 0.6 is 0 Å². The van der Waals surface area contributed by atoms with Crippen molar-refractivity contribution in [3.63, 3.8) is 0 Å². The van der Waals surface area contributed by atoms with Crippen LogP contribution in [0.5, 0.6) is 5.75 Å². The van der Waals surface area contributed by atoms with Crippen LogP contribution in [-0.4, -0.2) is 13.7 Å². The Morgan fingerprint density at radius 1 is 1.25 bits per heavy atom. The van der Waals surface area contributed by atoms with Gasteiger partial charge in [-0.1, -0.05) is 33.8 Å². The smallest absolute Gasteiger partial charge is 0.136 e. The van der Waals surface area contributed by atoms with Gasteiger partial charge in [-0.2, -0.15) is 5.26 Å². The van der Waals surface area contributed by atoms with Crippen LogP contribution in [0.2, 0.25) is 0 Å². The van der Waals surface area contributed by atoms with Crippen molar-refractivity contribution in [1.29, 1.82) is 5.26 Å². The molecule has 0 aromatic heterocycles. The Labute approximate surface area is 121 Å². The molecule has 0 heterocycles. The van der Waals surface area contributed by atoms with Gasteiger partial charge in [-0.3, -0.25) is 0 Å². The largest absolute Gasteiger partial charge is 0.495 e. The van der Waals surface area contributed by atoms with Crippen LogP contribution in [0.3, 0.4) is 0 Å². The van der Waals surface area contributed by atoms with E-state index in [1.54, 1.807) is 7.11 Å². The van der Waals surface area contributed by atoms with E-state index in [4.69, 9.17) is 10.00 Å². The fourth-order valence-corrected chi connectivity index (χ4v) is 3.14. The van der Waals surface area contributed by atoms with Gasteiger partial charge < -0.3 is 10.1 Å². The predicted molar refractivity (Wildman–Crippen MR) is 80.5 cm³/mol. The molecule has 0 atom stereocenters. The van der Waals surface area contributed by atoms with Gasteiger partial charge in [0.2, 0.25) is 0 Å². The van der Waals surface area contributed by atoms with Crippen molar-refractivity contribution in [2.45, 2.75) is 34.2 Å². The molecule has 1 aliphatic carbocycles. The summed E-state index contributed by atoms with van der Waals surface area (Å²) in [4.78, 5) is 0. The second-order valence-corrected chi connectivity index (χ2v) is 6.77. The number of methoxy groups -OCH3 is 1. The van der Waals surface area contributed by atoms with Crippen molar-refractivity contribution in [3.8, 4) is 11.8 Å². The number of rotatable bonds is 5. The summed E-state index contributed by atoms with van der Waals surface area (Å²) in [6, 6.07) is 7.88. The molecule has 0 amide bonds. The fraction of sp³-hybridized carbons (Fsp3) is 0.588. The summed E-state index contributed by atoms with van der Waals surface area (Å²) in [5.74, 6) is 1.37. The fourth-order valence-electron chi connectivity index (χ4n) is 3.14. The maximum absolute atomic E-state index is 8.97. The molecule has 0 aliphatic heterocycles. The number of hydrogen-bond donors (Lipinski definition) is 1. The molecular formula is C17H24N2O. The van der Waals surface area contributed by atoms with Gasteiger partial charge in [0.15, 0.2) is 0 Å². The van der Waals surface area contributed by atoms with E-state index in [-0.39, 0.29) is 0 Å². The molecule has 0 spiro atoms. The number of nitrogens with one attached hydrogen (secondary N) is 1. The third-order valence-electron chi connectivity index (χ3n) is 5.38. The van der Waals surface area contributed by atoms with E-state index in [2.05, 4.69) is 39.1 Å². The minimum Gasteiger partial charge on any atom is -0.495 e. The normalized spacial score (nSPS) is 19.4. The second-order valence-electron chi connectivity index (χ2n) is 6.77. The van der Waals surface area contributed by atoms with Crippen LogP contribution in [0.25, 0.3) is 0 Å². The summed E-state index contributed by atoms with van der Waals surface area (Å²) in [5, 5.41) is 12.5. The molecule has 0 saturated heterocycles. The first-order chi connectivity index (χ1) is 9.34. The minimum absolute atomic E-state index is 0.419. The van der Waals surface area contributed by atoms with Crippen LogP contribution in [-0.2, 0) is 6.54 Å². The molecule has 1 aliphatic rings. The number of nitriles is 1. The van der Waals surface area contributed by atoms with Crippen molar-refractivity contribution in [3.05, 3.63) is 29.3 Å². The van der Waals surface area contributed by atoms with Gasteiger partial charge in [0.05, 0.1) is 12.7 Å². The van der Waals surface area contributed by atoms with Gasteiger partial charge in [0, 0.05) is 6.54 Å². The zero-order chi connectivity index (χ0) is 15.0. The van der Waals surface area contributed by atoms with E-state index in [1.807, 2.05) is 18.2 Å². The monoisotopic (exact) mass is 272 g/mol. The van der Waals surface area contributed by atoms with Crippen LogP contribution in [0.4, 0.5) is 0 Å². The van der Waals surface area contributed by atoms with Crippen molar-refractivity contribution >= 4 is 0 Å². The van der Waals surface area contributed by atoms with Crippen LogP contribution in [0.1, 0.15) is 38.8 Å². The quantitative estimate of drug-likeness (QED) is 0.894. The summed E-state index contributed by atoms with van der Waals surface area (Å²) in [7, 11) is 1.60. The van der Waals surface area contributed by atoms with E-state index >= 15 is 0 Å².